The van der Waals surface area contributed by atoms with Crippen molar-refractivity contribution in [3.05, 3.63) is 28.8 Å². The van der Waals surface area contributed by atoms with E-state index in [0.29, 0.717) is 58.2 Å². The molecule has 0 saturated carbocycles. The van der Waals surface area contributed by atoms with Crippen molar-refractivity contribution in [2.45, 2.75) is 59.2 Å². The maximum absolute atomic E-state index is 16.4. The van der Waals surface area contributed by atoms with Gasteiger partial charge in [0.1, 0.15) is 34.8 Å². The molecular formula is C30H36F5N7O3. The van der Waals surface area contributed by atoms with Crippen LogP contribution in [-0.4, -0.2) is 60.5 Å². The Balaban J connectivity index is 0.00000226. The van der Waals surface area contributed by atoms with Crippen LogP contribution in [0.3, 0.4) is 0 Å². The molecule has 1 atom stereocenters. The minimum Gasteiger partial charge on any atom is -0.474 e. The quantitative estimate of drug-likeness (QED) is 0.238. The van der Waals surface area contributed by atoms with Gasteiger partial charge in [0.25, 0.3) is 0 Å². The number of pyridine rings is 1. The Hall–Kier alpha value is -4.03. The van der Waals surface area contributed by atoms with Crippen LogP contribution in [0.4, 0.5) is 33.5 Å². The number of rotatable bonds is 4. The molecule has 5 rings (SSSR count). The predicted molar refractivity (Wildman–Crippen MR) is 158 cm³/mol. The maximum Gasteiger partial charge on any atom is 0.417 e. The number of nitrogens with zero attached hydrogens (tertiary/aromatic N) is 4. The molecule has 1 unspecified atom stereocenters. The number of aromatic nitrogens is 3. The van der Waals surface area contributed by atoms with E-state index >= 15 is 4.39 Å². The van der Waals surface area contributed by atoms with Gasteiger partial charge in [-0.3, -0.25) is 0 Å². The van der Waals surface area contributed by atoms with Gasteiger partial charge in [0.15, 0.2) is 5.82 Å². The van der Waals surface area contributed by atoms with Crippen molar-refractivity contribution in [1.82, 2.24) is 20.3 Å². The van der Waals surface area contributed by atoms with Crippen molar-refractivity contribution in [1.29, 1.82) is 5.26 Å². The van der Waals surface area contributed by atoms with Gasteiger partial charge in [0.05, 0.1) is 28.8 Å². The predicted octanol–water partition coefficient (Wildman–Crippen LogP) is 5.78. The van der Waals surface area contributed by atoms with Crippen LogP contribution in [0.5, 0.6) is 11.9 Å². The van der Waals surface area contributed by atoms with Crippen LogP contribution < -0.4 is 25.8 Å². The van der Waals surface area contributed by atoms with Gasteiger partial charge >= 0.3 is 12.2 Å². The van der Waals surface area contributed by atoms with E-state index in [-0.39, 0.29) is 29.7 Å². The van der Waals surface area contributed by atoms with E-state index in [1.807, 2.05) is 13.8 Å². The number of nitrogens with two attached hydrogens (primary N) is 1. The van der Waals surface area contributed by atoms with Crippen LogP contribution in [0.25, 0.3) is 22.2 Å². The van der Waals surface area contributed by atoms with Gasteiger partial charge in [0, 0.05) is 31.9 Å². The van der Waals surface area contributed by atoms with Crippen LogP contribution in [0.2, 0.25) is 0 Å². The fraction of sp³-hybridized carbons (Fsp3) is 0.533. The highest BCUT2D eigenvalue weighted by atomic mass is 19.4. The van der Waals surface area contributed by atoms with Crippen molar-refractivity contribution >= 4 is 22.4 Å². The standard InChI is InChI=1S/C28H30F5N7O3.C2H6/c1-14-3-6-36-7-8-37-24-18-23(39-26(40-24)42-13-27(12-34)4-9-41-10-5-27)21(30)22(38-25(18)43-14)16-11-17(35)20(29)15(2)19(16)28(31,32)33;1-2/h11,14,36H,3-10,13,35H2,1-2H3,(H,37,39,40);1-2H3. The lowest BCUT2D eigenvalue weighted by Gasteiger charge is -2.29. The second kappa shape index (κ2) is 13.9. The molecule has 244 valence electrons. The summed E-state index contributed by atoms with van der Waals surface area (Å²) >= 11 is 0. The largest absolute Gasteiger partial charge is 0.474 e. The summed E-state index contributed by atoms with van der Waals surface area (Å²) in [7, 11) is 0. The Morgan fingerprint density at radius 3 is 2.49 bits per heavy atom. The van der Waals surface area contributed by atoms with Crippen molar-refractivity contribution in [2.24, 2.45) is 5.41 Å². The SMILES string of the molecule is CC.Cc1c(F)c(N)cc(-c2nc3c4c(nc(OCC5(C#N)CCOCC5)nc4c2F)NCCNCCC(C)O3)c1C(F)(F)F. The number of hydrogen-bond donors (Lipinski definition) is 3. The van der Waals surface area contributed by atoms with Crippen LogP contribution in [-0.2, 0) is 10.9 Å². The molecule has 45 heavy (non-hydrogen) atoms. The van der Waals surface area contributed by atoms with E-state index in [4.69, 9.17) is 19.9 Å². The summed E-state index contributed by atoms with van der Waals surface area (Å²) in [5.41, 5.74) is -0.00287. The van der Waals surface area contributed by atoms with E-state index < -0.39 is 62.9 Å². The van der Waals surface area contributed by atoms with Crippen molar-refractivity contribution in [3.8, 4) is 29.2 Å². The van der Waals surface area contributed by atoms with Crippen molar-refractivity contribution in [2.75, 3.05) is 50.5 Å². The molecule has 15 heteroatoms. The minimum absolute atomic E-state index is 0.0104. The lowest BCUT2D eigenvalue weighted by molar-refractivity contribution is -0.137. The number of nitrogen functional groups attached to an aromatic ring is 1. The first kappa shape index (κ1) is 33.9. The third-order valence-corrected chi connectivity index (χ3v) is 7.60. The number of benzene rings is 1. The number of alkyl halides is 3. The van der Waals surface area contributed by atoms with Gasteiger partial charge < -0.3 is 30.6 Å². The molecule has 0 bridgehead atoms. The number of nitrogens with one attached hydrogen (secondary N) is 2. The van der Waals surface area contributed by atoms with Crippen LogP contribution in [0, 0.1) is 35.3 Å². The monoisotopic (exact) mass is 637 g/mol. The van der Waals surface area contributed by atoms with Crippen LogP contribution in [0.1, 0.15) is 51.2 Å². The Bertz CT molecular complexity index is 1570. The summed E-state index contributed by atoms with van der Waals surface area (Å²) in [5, 5.41) is 16.1. The van der Waals surface area contributed by atoms with Crippen molar-refractivity contribution < 1.29 is 36.2 Å². The number of anilines is 2. The molecule has 1 saturated heterocycles. The summed E-state index contributed by atoms with van der Waals surface area (Å²) in [5.74, 6) is -2.65. The van der Waals surface area contributed by atoms with Gasteiger partial charge in [-0.25, -0.2) is 13.8 Å². The van der Waals surface area contributed by atoms with E-state index in [9.17, 15) is 22.8 Å². The van der Waals surface area contributed by atoms with Gasteiger partial charge in [-0.2, -0.15) is 28.4 Å². The fourth-order valence-electron chi connectivity index (χ4n) is 5.15. The summed E-state index contributed by atoms with van der Waals surface area (Å²) < 4.78 is 91.0. The highest BCUT2D eigenvalue weighted by molar-refractivity contribution is 5.96. The number of ether oxygens (including phenoxy) is 3. The molecular weight excluding hydrogens is 601 g/mol. The van der Waals surface area contributed by atoms with Crippen molar-refractivity contribution in [3.63, 3.8) is 0 Å². The summed E-state index contributed by atoms with van der Waals surface area (Å²) in [6, 6.07) is 2.65. The molecule has 0 aliphatic carbocycles. The molecule has 0 amide bonds. The topological polar surface area (TPSA) is 140 Å². The number of nitriles is 1. The number of halogens is 5. The minimum atomic E-state index is -5.07. The highest BCUT2D eigenvalue weighted by Gasteiger charge is 2.39. The molecule has 10 nitrogen and oxygen atoms in total. The second-order valence-corrected chi connectivity index (χ2v) is 10.7. The molecule has 4 N–H and O–H groups in total. The molecule has 0 radical (unpaired) electrons. The Morgan fingerprint density at radius 2 is 1.82 bits per heavy atom. The molecule has 1 aromatic carbocycles. The summed E-state index contributed by atoms with van der Waals surface area (Å²) in [4.78, 5) is 12.8. The zero-order chi connectivity index (χ0) is 32.9. The van der Waals surface area contributed by atoms with Gasteiger partial charge in [-0.05, 0) is 51.3 Å². The highest BCUT2D eigenvalue weighted by Crippen LogP contribution is 2.45. The average molecular weight is 638 g/mol. The first-order valence-electron chi connectivity index (χ1n) is 14.7. The molecule has 3 aromatic rings. The zero-order valence-electron chi connectivity index (χ0n) is 25.5. The van der Waals surface area contributed by atoms with E-state index in [0.717, 1.165) is 6.92 Å². The molecule has 2 aliphatic rings. The molecule has 1 fully saturated rings. The fourth-order valence-corrected chi connectivity index (χ4v) is 5.15. The Kier molecular flexibility index (Phi) is 10.5. The molecule has 4 heterocycles. The molecule has 2 aromatic heterocycles. The second-order valence-electron chi connectivity index (χ2n) is 10.7. The van der Waals surface area contributed by atoms with E-state index in [1.165, 1.54) is 0 Å². The van der Waals surface area contributed by atoms with Crippen LogP contribution >= 0.6 is 0 Å². The van der Waals surface area contributed by atoms with Gasteiger partial charge in [-0.15, -0.1) is 0 Å². The Labute approximate surface area is 257 Å². The lowest BCUT2D eigenvalue weighted by atomic mass is 9.83. The van der Waals surface area contributed by atoms with E-state index in [1.54, 1.807) is 6.92 Å². The normalized spacial score (nSPS) is 18.4. The Morgan fingerprint density at radius 1 is 1.11 bits per heavy atom. The van der Waals surface area contributed by atoms with Gasteiger partial charge in [-0.1, -0.05) is 13.8 Å². The van der Waals surface area contributed by atoms with E-state index in [2.05, 4.69) is 31.7 Å². The smallest absolute Gasteiger partial charge is 0.417 e. The summed E-state index contributed by atoms with van der Waals surface area (Å²) in [6.45, 7) is 8.66. The first-order valence-corrected chi connectivity index (χ1v) is 14.7. The molecule has 0 spiro atoms. The zero-order valence-corrected chi connectivity index (χ0v) is 25.5. The molecule has 2 aliphatic heterocycles. The first-order chi connectivity index (χ1) is 21.4. The number of hydrogen-bond acceptors (Lipinski definition) is 10. The average Bonchev–Trinajstić information content (AvgIpc) is 3.05. The lowest BCUT2D eigenvalue weighted by Crippen LogP contribution is -2.34. The third kappa shape index (κ3) is 7.12. The third-order valence-electron chi connectivity index (χ3n) is 7.60. The summed E-state index contributed by atoms with van der Waals surface area (Å²) in [6.07, 6.45) is -4.26. The van der Waals surface area contributed by atoms with Gasteiger partial charge in [0.2, 0.25) is 5.88 Å². The van der Waals surface area contributed by atoms with Crippen LogP contribution in [0.15, 0.2) is 6.07 Å². The maximum atomic E-state index is 16.4.